The molecule has 0 saturated carbocycles. The number of carbonyl (C=O) groups is 1. The smallest absolute Gasteiger partial charge is 0.319 e. The first-order valence-corrected chi connectivity index (χ1v) is 6.73. The van der Waals surface area contributed by atoms with Crippen LogP contribution in [0.2, 0.25) is 0 Å². The largest absolute Gasteiger partial charge is 0.334 e. The Morgan fingerprint density at radius 1 is 1.00 bits per heavy atom. The van der Waals surface area contributed by atoms with Crippen molar-refractivity contribution in [2.45, 2.75) is 27.3 Å². The second-order valence-electron chi connectivity index (χ2n) is 5.07. The molecule has 0 aromatic heterocycles. The van der Waals surface area contributed by atoms with Gasteiger partial charge in [-0.05, 0) is 37.5 Å². The van der Waals surface area contributed by atoms with Gasteiger partial charge in [-0.1, -0.05) is 48.0 Å². The number of carbonyl (C=O) groups excluding carboxylic acids is 1. The molecule has 0 aliphatic heterocycles. The van der Waals surface area contributed by atoms with Crippen LogP contribution in [0.5, 0.6) is 0 Å². The van der Waals surface area contributed by atoms with Gasteiger partial charge >= 0.3 is 6.03 Å². The number of hydrogen-bond donors (Lipinski definition) is 2. The Bertz CT molecular complexity index is 583. The maximum atomic E-state index is 12.0. The predicted molar refractivity (Wildman–Crippen MR) is 83.0 cm³/mol. The summed E-state index contributed by atoms with van der Waals surface area (Å²) in [6.45, 7) is 6.59. The van der Waals surface area contributed by atoms with E-state index in [2.05, 4.69) is 29.7 Å². The van der Waals surface area contributed by atoms with Crippen LogP contribution in [0.3, 0.4) is 0 Å². The van der Waals surface area contributed by atoms with Crippen molar-refractivity contribution in [3.63, 3.8) is 0 Å². The van der Waals surface area contributed by atoms with Crippen LogP contribution in [-0.4, -0.2) is 6.03 Å². The number of amides is 2. The summed E-state index contributed by atoms with van der Waals surface area (Å²) in [4.78, 5) is 12.0. The number of hydrogen-bond acceptors (Lipinski definition) is 1. The van der Waals surface area contributed by atoms with Crippen LogP contribution >= 0.6 is 0 Å². The molecule has 0 aliphatic carbocycles. The topological polar surface area (TPSA) is 41.1 Å². The summed E-state index contributed by atoms with van der Waals surface area (Å²) in [5, 5.41) is 5.79. The molecular weight excluding hydrogens is 248 g/mol. The maximum Gasteiger partial charge on any atom is 0.319 e. The Labute approximate surface area is 120 Å². The normalized spacial score (nSPS) is 10.2. The summed E-state index contributed by atoms with van der Waals surface area (Å²) in [7, 11) is 0. The molecule has 0 unspecified atom stereocenters. The molecule has 20 heavy (non-hydrogen) atoms. The number of anilines is 1. The van der Waals surface area contributed by atoms with E-state index in [4.69, 9.17) is 0 Å². The van der Waals surface area contributed by atoms with E-state index >= 15 is 0 Å². The second kappa shape index (κ2) is 6.24. The molecule has 3 heteroatoms. The highest BCUT2D eigenvalue weighted by Gasteiger charge is 2.07. The van der Waals surface area contributed by atoms with E-state index in [9.17, 15) is 4.79 Å². The molecule has 0 radical (unpaired) electrons. The maximum absolute atomic E-state index is 12.0. The van der Waals surface area contributed by atoms with Gasteiger partial charge in [-0.2, -0.15) is 0 Å². The summed E-state index contributed by atoms with van der Waals surface area (Å²) in [6, 6.07) is 13.8. The van der Waals surface area contributed by atoms with Gasteiger partial charge < -0.3 is 10.6 Å². The minimum absolute atomic E-state index is 0.177. The van der Waals surface area contributed by atoms with Gasteiger partial charge in [-0.25, -0.2) is 4.79 Å². The number of benzene rings is 2. The van der Waals surface area contributed by atoms with Gasteiger partial charge in [0.2, 0.25) is 0 Å². The third-order valence-electron chi connectivity index (χ3n) is 3.21. The van der Waals surface area contributed by atoms with E-state index in [0.717, 1.165) is 22.4 Å². The minimum atomic E-state index is -0.177. The fraction of sp³-hybridized carbons (Fsp3) is 0.235. The summed E-state index contributed by atoms with van der Waals surface area (Å²) in [5.74, 6) is 0. The first-order chi connectivity index (χ1) is 9.56. The zero-order chi connectivity index (χ0) is 14.5. The minimum Gasteiger partial charge on any atom is -0.334 e. The third kappa shape index (κ3) is 3.60. The van der Waals surface area contributed by atoms with Crippen LogP contribution < -0.4 is 10.6 Å². The second-order valence-corrected chi connectivity index (χ2v) is 5.07. The lowest BCUT2D eigenvalue weighted by molar-refractivity contribution is 0.251. The van der Waals surface area contributed by atoms with Crippen molar-refractivity contribution in [2.24, 2.45) is 0 Å². The Morgan fingerprint density at radius 3 is 2.20 bits per heavy atom. The first-order valence-electron chi connectivity index (χ1n) is 6.73. The van der Waals surface area contributed by atoms with Crippen LogP contribution in [-0.2, 0) is 6.54 Å². The summed E-state index contributed by atoms with van der Waals surface area (Å²) in [6.07, 6.45) is 0. The highest BCUT2D eigenvalue weighted by molar-refractivity contribution is 5.91. The Balaban J connectivity index is 1.98. The highest BCUT2D eigenvalue weighted by atomic mass is 16.2. The molecule has 0 atom stereocenters. The summed E-state index contributed by atoms with van der Waals surface area (Å²) < 4.78 is 0. The molecule has 3 nitrogen and oxygen atoms in total. The van der Waals surface area contributed by atoms with Crippen molar-refractivity contribution >= 4 is 11.7 Å². The molecule has 2 rings (SSSR count). The highest BCUT2D eigenvalue weighted by Crippen LogP contribution is 2.21. The third-order valence-corrected chi connectivity index (χ3v) is 3.21. The van der Waals surface area contributed by atoms with Crippen LogP contribution in [0.1, 0.15) is 22.3 Å². The standard InChI is InChI=1S/C17H20N2O/c1-12-9-13(2)16(14(3)10-12)19-17(20)18-11-15-7-5-4-6-8-15/h4-10H,11H2,1-3H3,(H2,18,19,20). The summed E-state index contributed by atoms with van der Waals surface area (Å²) >= 11 is 0. The van der Waals surface area contributed by atoms with Crippen LogP contribution in [0.4, 0.5) is 10.5 Å². The molecule has 2 aromatic carbocycles. The molecule has 0 fully saturated rings. The quantitative estimate of drug-likeness (QED) is 0.870. The van der Waals surface area contributed by atoms with E-state index in [-0.39, 0.29) is 6.03 Å². The lowest BCUT2D eigenvalue weighted by atomic mass is 10.1. The van der Waals surface area contributed by atoms with Crippen molar-refractivity contribution in [1.82, 2.24) is 5.32 Å². The molecule has 0 heterocycles. The van der Waals surface area contributed by atoms with Crippen molar-refractivity contribution in [3.8, 4) is 0 Å². The molecule has 2 aromatic rings. The van der Waals surface area contributed by atoms with E-state index in [0.29, 0.717) is 6.54 Å². The van der Waals surface area contributed by atoms with Gasteiger partial charge in [0.05, 0.1) is 0 Å². The van der Waals surface area contributed by atoms with E-state index in [1.165, 1.54) is 5.56 Å². The van der Waals surface area contributed by atoms with Gasteiger partial charge in [0, 0.05) is 12.2 Å². The molecule has 0 spiro atoms. The van der Waals surface area contributed by atoms with Crippen molar-refractivity contribution in [3.05, 3.63) is 64.7 Å². The fourth-order valence-electron chi connectivity index (χ4n) is 2.31. The fourth-order valence-corrected chi connectivity index (χ4v) is 2.31. The molecule has 104 valence electrons. The summed E-state index contributed by atoms with van der Waals surface area (Å²) in [5.41, 5.74) is 5.34. The van der Waals surface area contributed by atoms with Gasteiger partial charge in [0.25, 0.3) is 0 Å². The first kappa shape index (κ1) is 14.1. The van der Waals surface area contributed by atoms with Crippen molar-refractivity contribution in [2.75, 3.05) is 5.32 Å². The zero-order valence-electron chi connectivity index (χ0n) is 12.2. The van der Waals surface area contributed by atoms with Gasteiger partial charge in [-0.3, -0.25) is 0 Å². The Hall–Kier alpha value is -2.29. The number of nitrogens with one attached hydrogen (secondary N) is 2. The van der Waals surface area contributed by atoms with Crippen LogP contribution in [0.15, 0.2) is 42.5 Å². The monoisotopic (exact) mass is 268 g/mol. The van der Waals surface area contributed by atoms with E-state index < -0.39 is 0 Å². The average Bonchev–Trinajstić information content (AvgIpc) is 2.42. The Kier molecular flexibility index (Phi) is 4.41. The molecule has 2 N–H and O–H groups in total. The lowest BCUT2D eigenvalue weighted by Gasteiger charge is -2.13. The number of aryl methyl sites for hydroxylation is 3. The van der Waals surface area contributed by atoms with Crippen LogP contribution in [0.25, 0.3) is 0 Å². The predicted octanol–water partition coefficient (Wildman–Crippen LogP) is 3.93. The van der Waals surface area contributed by atoms with Crippen LogP contribution in [0, 0.1) is 20.8 Å². The molecule has 0 saturated heterocycles. The van der Waals surface area contributed by atoms with Gasteiger partial charge in [0.15, 0.2) is 0 Å². The van der Waals surface area contributed by atoms with Crippen molar-refractivity contribution in [1.29, 1.82) is 0 Å². The number of rotatable bonds is 3. The van der Waals surface area contributed by atoms with E-state index in [1.807, 2.05) is 44.2 Å². The molecule has 0 bridgehead atoms. The van der Waals surface area contributed by atoms with E-state index in [1.54, 1.807) is 0 Å². The molecule has 2 amide bonds. The molecule has 0 aliphatic rings. The van der Waals surface area contributed by atoms with Gasteiger partial charge in [-0.15, -0.1) is 0 Å². The number of urea groups is 1. The Morgan fingerprint density at radius 2 is 1.60 bits per heavy atom. The van der Waals surface area contributed by atoms with Gasteiger partial charge in [0.1, 0.15) is 0 Å². The average molecular weight is 268 g/mol. The van der Waals surface area contributed by atoms with Crippen molar-refractivity contribution < 1.29 is 4.79 Å². The zero-order valence-corrected chi connectivity index (χ0v) is 12.2. The SMILES string of the molecule is Cc1cc(C)c(NC(=O)NCc2ccccc2)c(C)c1. The molecular formula is C17H20N2O. The lowest BCUT2D eigenvalue weighted by Crippen LogP contribution is -2.28.